The number of halogens is 1. The molecule has 0 N–H and O–H groups in total. The number of rotatable bonds is 3. The van der Waals surface area contributed by atoms with E-state index < -0.39 is 11.1 Å². The van der Waals surface area contributed by atoms with Crippen molar-refractivity contribution in [2.24, 2.45) is 7.05 Å². The van der Waals surface area contributed by atoms with Crippen molar-refractivity contribution in [3.63, 3.8) is 0 Å². The third kappa shape index (κ3) is 2.84. The van der Waals surface area contributed by atoms with Crippen molar-refractivity contribution in [3.8, 4) is 0 Å². The zero-order valence-electron chi connectivity index (χ0n) is 16.2. The van der Waals surface area contributed by atoms with Gasteiger partial charge in [-0.15, -0.1) is 0 Å². The van der Waals surface area contributed by atoms with Crippen LogP contribution in [0.3, 0.4) is 0 Å². The fourth-order valence-electron chi connectivity index (χ4n) is 4.86. The molecular weight excluding hydrogens is 408 g/mol. The predicted molar refractivity (Wildman–Crippen MR) is 111 cm³/mol. The molecule has 30 heavy (non-hydrogen) atoms. The maximum atomic E-state index is 12.9. The van der Waals surface area contributed by atoms with Gasteiger partial charge in [-0.25, -0.2) is 15.0 Å². The lowest BCUT2D eigenvalue weighted by atomic mass is 9.97. The molecule has 0 unspecified atom stereocenters. The van der Waals surface area contributed by atoms with Crippen LogP contribution in [0.25, 0.3) is 11.2 Å². The summed E-state index contributed by atoms with van der Waals surface area (Å²) in [5, 5.41) is 0.411. The van der Waals surface area contributed by atoms with Gasteiger partial charge in [0.05, 0.1) is 16.1 Å². The van der Waals surface area contributed by atoms with Crippen molar-refractivity contribution >= 4 is 35.0 Å². The minimum Gasteiger partial charge on any atom is -0.335 e. The Morgan fingerprint density at radius 3 is 2.30 bits per heavy atom. The lowest BCUT2D eigenvalue weighted by Gasteiger charge is -2.39. The highest BCUT2D eigenvalue weighted by atomic mass is 35.5. The van der Waals surface area contributed by atoms with E-state index in [9.17, 15) is 14.4 Å². The van der Waals surface area contributed by atoms with Crippen LogP contribution in [0, 0.1) is 0 Å². The molecule has 2 aliphatic rings. The molecule has 0 spiro atoms. The maximum absolute atomic E-state index is 12.9. The molecule has 5 heterocycles. The number of carbonyl (C=O) groups excluding carboxylic acids is 1. The molecule has 154 valence electrons. The molecule has 3 aromatic heterocycles. The van der Waals surface area contributed by atoms with Crippen LogP contribution in [0.4, 0.5) is 5.95 Å². The SMILES string of the molecule is Cn1c(=O)c(=O)n([C@@H]2C[C@H]3CC[C@@H](C2)N3c2ncc(C=O)cn2)c2ncc(Cl)cc21. The molecule has 2 bridgehead atoms. The van der Waals surface area contributed by atoms with E-state index in [1.165, 1.54) is 23.2 Å². The summed E-state index contributed by atoms with van der Waals surface area (Å²) < 4.78 is 2.85. The number of hydrogen-bond acceptors (Lipinski definition) is 7. The first-order valence-corrected chi connectivity index (χ1v) is 10.2. The van der Waals surface area contributed by atoms with Crippen molar-refractivity contribution in [2.45, 2.75) is 43.8 Å². The molecule has 0 amide bonds. The number of fused-ring (bicyclic) bond motifs is 3. The number of pyridine rings is 1. The lowest BCUT2D eigenvalue weighted by molar-refractivity contribution is 0.112. The van der Waals surface area contributed by atoms with Gasteiger partial charge in [-0.05, 0) is 31.7 Å². The summed E-state index contributed by atoms with van der Waals surface area (Å²) in [6.07, 6.45) is 8.53. The molecule has 0 radical (unpaired) electrons. The highest BCUT2D eigenvalue weighted by Gasteiger charge is 2.43. The average molecular weight is 427 g/mol. The second-order valence-electron chi connectivity index (χ2n) is 7.89. The molecule has 3 aromatic rings. The summed E-state index contributed by atoms with van der Waals surface area (Å²) in [6.45, 7) is 0. The van der Waals surface area contributed by atoms with Gasteiger partial charge < -0.3 is 9.47 Å². The molecule has 2 fully saturated rings. The molecule has 9 nitrogen and oxygen atoms in total. The average Bonchev–Trinajstić information content (AvgIpc) is 3.02. The Morgan fingerprint density at radius 2 is 1.67 bits per heavy atom. The van der Waals surface area contributed by atoms with Gasteiger partial charge in [-0.1, -0.05) is 11.6 Å². The Balaban J connectivity index is 1.55. The number of hydrogen-bond donors (Lipinski definition) is 0. The minimum atomic E-state index is -0.589. The van der Waals surface area contributed by atoms with Gasteiger partial charge in [0.15, 0.2) is 11.9 Å². The summed E-state index contributed by atoms with van der Waals surface area (Å²) in [4.78, 5) is 51.7. The van der Waals surface area contributed by atoms with Gasteiger partial charge in [0.1, 0.15) is 0 Å². The Hall–Kier alpha value is -3.07. The second kappa shape index (κ2) is 7.02. The Morgan fingerprint density at radius 1 is 1.00 bits per heavy atom. The van der Waals surface area contributed by atoms with Crippen LogP contribution in [0.15, 0.2) is 34.2 Å². The topological polar surface area (TPSA) is 103 Å². The van der Waals surface area contributed by atoms with Crippen LogP contribution >= 0.6 is 11.6 Å². The third-order valence-electron chi connectivity index (χ3n) is 6.21. The number of piperidine rings is 1. The lowest BCUT2D eigenvalue weighted by Crippen LogP contribution is -2.49. The van der Waals surface area contributed by atoms with Gasteiger partial charge in [0, 0.05) is 43.8 Å². The normalized spacial score (nSPS) is 23.1. The van der Waals surface area contributed by atoms with Gasteiger partial charge in [0.2, 0.25) is 5.95 Å². The fourth-order valence-corrected chi connectivity index (χ4v) is 5.01. The number of aromatic nitrogens is 5. The quantitative estimate of drug-likeness (QED) is 0.464. The number of aldehydes is 1. The van der Waals surface area contributed by atoms with Gasteiger partial charge in [0.25, 0.3) is 0 Å². The van der Waals surface area contributed by atoms with Gasteiger partial charge >= 0.3 is 11.1 Å². The van der Waals surface area contributed by atoms with Crippen molar-refractivity contribution in [1.82, 2.24) is 24.1 Å². The van der Waals surface area contributed by atoms with Crippen LogP contribution in [-0.2, 0) is 7.05 Å². The zero-order chi connectivity index (χ0) is 21.0. The largest absolute Gasteiger partial charge is 0.335 e. The monoisotopic (exact) mass is 426 g/mol. The molecule has 0 aliphatic carbocycles. The van der Waals surface area contributed by atoms with Crippen molar-refractivity contribution < 1.29 is 4.79 Å². The van der Waals surface area contributed by atoms with Gasteiger partial charge in [-0.3, -0.25) is 19.0 Å². The van der Waals surface area contributed by atoms with E-state index in [2.05, 4.69) is 19.9 Å². The molecule has 0 saturated carbocycles. The smallest absolute Gasteiger partial charge is 0.318 e. The highest BCUT2D eigenvalue weighted by Crippen LogP contribution is 2.42. The maximum Gasteiger partial charge on any atom is 0.318 e. The van der Waals surface area contributed by atoms with Crippen molar-refractivity contribution in [1.29, 1.82) is 0 Å². The zero-order valence-corrected chi connectivity index (χ0v) is 17.0. The van der Waals surface area contributed by atoms with E-state index in [0.717, 1.165) is 19.1 Å². The first-order valence-electron chi connectivity index (χ1n) is 9.80. The Bertz CT molecular complexity index is 1250. The van der Waals surface area contributed by atoms with E-state index in [1.807, 2.05) is 0 Å². The molecule has 5 rings (SSSR count). The summed E-state index contributed by atoms with van der Waals surface area (Å²) in [7, 11) is 1.56. The van der Waals surface area contributed by atoms with Gasteiger partial charge in [-0.2, -0.15) is 0 Å². The molecule has 3 atom stereocenters. The number of nitrogens with zero attached hydrogens (tertiary/aromatic N) is 6. The first-order chi connectivity index (χ1) is 14.5. The molecular formula is C20H19ClN6O3. The van der Waals surface area contributed by atoms with Crippen molar-refractivity contribution in [3.05, 3.63) is 56.0 Å². The summed E-state index contributed by atoms with van der Waals surface area (Å²) in [5.41, 5.74) is 0.285. The molecule has 0 aromatic carbocycles. The van der Waals surface area contributed by atoms with E-state index in [0.29, 0.717) is 40.5 Å². The summed E-state index contributed by atoms with van der Waals surface area (Å²) in [6, 6.07) is 1.81. The molecule has 10 heteroatoms. The molecule has 2 saturated heterocycles. The number of anilines is 1. The van der Waals surface area contributed by atoms with Crippen LogP contribution in [0.2, 0.25) is 5.02 Å². The number of carbonyl (C=O) groups is 1. The van der Waals surface area contributed by atoms with E-state index in [-0.39, 0.29) is 18.1 Å². The van der Waals surface area contributed by atoms with Crippen LogP contribution in [0.5, 0.6) is 0 Å². The Labute approximate surface area is 176 Å². The first kappa shape index (κ1) is 18.9. The second-order valence-corrected chi connectivity index (χ2v) is 8.32. The highest BCUT2D eigenvalue weighted by molar-refractivity contribution is 6.31. The van der Waals surface area contributed by atoms with Crippen LogP contribution in [-0.4, -0.2) is 42.5 Å². The summed E-state index contributed by atoms with van der Waals surface area (Å²) >= 11 is 6.08. The Kier molecular flexibility index (Phi) is 4.43. The van der Waals surface area contributed by atoms with Crippen LogP contribution < -0.4 is 16.0 Å². The standard InChI is InChI=1S/C20H19ClN6O3/c1-25-16-4-12(21)9-22-17(16)27(19(30)18(25)29)15-5-13-2-3-14(6-15)26(13)20-23-7-11(10-28)8-24-20/h4,7-10,13-15H,2-3,5-6H2,1H3/t13-,14+,15-. The molecule has 2 aliphatic heterocycles. The third-order valence-corrected chi connectivity index (χ3v) is 6.42. The summed E-state index contributed by atoms with van der Waals surface area (Å²) in [5.74, 6) is 0.595. The van der Waals surface area contributed by atoms with Crippen molar-refractivity contribution in [2.75, 3.05) is 4.90 Å². The van der Waals surface area contributed by atoms with E-state index in [1.54, 1.807) is 17.7 Å². The fraction of sp³-hybridized carbons (Fsp3) is 0.400. The number of aryl methyl sites for hydroxylation is 1. The van der Waals surface area contributed by atoms with E-state index >= 15 is 0 Å². The van der Waals surface area contributed by atoms with E-state index in [4.69, 9.17) is 11.6 Å². The van der Waals surface area contributed by atoms with Crippen LogP contribution in [0.1, 0.15) is 42.1 Å². The minimum absolute atomic E-state index is 0.147. The predicted octanol–water partition coefficient (Wildman–Crippen LogP) is 1.72.